The molecule has 0 aliphatic carbocycles. The van der Waals surface area contributed by atoms with Crippen LogP contribution in [-0.2, 0) is 14.1 Å². The molecule has 0 fully saturated rings. The lowest BCUT2D eigenvalue weighted by atomic mass is 10.2. The van der Waals surface area contributed by atoms with Crippen LogP contribution in [0.5, 0.6) is 0 Å². The van der Waals surface area contributed by atoms with E-state index >= 15 is 0 Å². The highest BCUT2D eigenvalue weighted by molar-refractivity contribution is 6.07. The molecule has 9 heteroatoms. The first kappa shape index (κ1) is 27.4. The van der Waals surface area contributed by atoms with Gasteiger partial charge in [0.1, 0.15) is 25.5 Å². The monoisotopic (exact) mass is 703 g/mol. The van der Waals surface area contributed by atoms with Gasteiger partial charge < -0.3 is 58.6 Å². The number of nitrogens with one attached hydrogen (secondary N) is 2. The van der Waals surface area contributed by atoms with E-state index in [2.05, 4.69) is 15.6 Å². The summed E-state index contributed by atoms with van der Waals surface area (Å²) in [5, 5.41) is 7.75. The summed E-state index contributed by atoms with van der Waals surface area (Å²) in [7, 11) is 3.94. The number of fused-ring (bicyclic) bond motifs is 2. The van der Waals surface area contributed by atoms with Crippen LogP contribution in [0.15, 0.2) is 91.3 Å². The third-order valence-electron chi connectivity index (χ3n) is 5.72. The molecule has 0 atom stereocenters. The maximum absolute atomic E-state index is 12.8. The predicted molar refractivity (Wildman–Crippen MR) is 130 cm³/mol. The van der Waals surface area contributed by atoms with Gasteiger partial charge in [0.05, 0.1) is 0 Å². The molecule has 0 saturated heterocycles. The van der Waals surface area contributed by atoms with E-state index in [1.54, 1.807) is 18.2 Å². The van der Waals surface area contributed by atoms with Gasteiger partial charge in [-0.3, -0.25) is 9.59 Å². The molecular formula is C27H23I2N5O2. The van der Waals surface area contributed by atoms with Crippen LogP contribution >= 0.6 is 0 Å². The summed E-state index contributed by atoms with van der Waals surface area (Å²) in [6, 6.07) is 24.1. The maximum Gasteiger partial charge on any atom is 0.274 e. The van der Waals surface area contributed by atoms with Crippen LogP contribution in [0.4, 0.5) is 11.4 Å². The minimum Gasteiger partial charge on any atom is -1.00 e. The van der Waals surface area contributed by atoms with Gasteiger partial charge in [0.25, 0.3) is 11.8 Å². The van der Waals surface area contributed by atoms with Crippen molar-refractivity contribution in [1.82, 2.24) is 4.98 Å². The molecule has 2 aromatic carbocycles. The first-order chi connectivity index (χ1) is 16.5. The van der Waals surface area contributed by atoms with Gasteiger partial charge in [0, 0.05) is 46.4 Å². The van der Waals surface area contributed by atoms with Gasteiger partial charge in [-0.05, 0) is 48.5 Å². The molecule has 3 aromatic heterocycles. The Balaban J connectivity index is 0.00000180. The Bertz CT molecular complexity index is 1480. The number of pyridine rings is 3. The Morgan fingerprint density at radius 1 is 0.639 bits per heavy atom. The summed E-state index contributed by atoms with van der Waals surface area (Å²) >= 11 is 0. The molecule has 7 nitrogen and oxygen atoms in total. The zero-order valence-corrected chi connectivity index (χ0v) is 23.9. The molecule has 0 aliphatic rings. The van der Waals surface area contributed by atoms with E-state index in [9.17, 15) is 9.59 Å². The van der Waals surface area contributed by atoms with Gasteiger partial charge in [-0.15, -0.1) is 0 Å². The predicted octanol–water partition coefficient (Wildman–Crippen LogP) is -2.45. The van der Waals surface area contributed by atoms with Gasteiger partial charge in [-0.1, -0.05) is 6.07 Å². The maximum atomic E-state index is 12.8. The van der Waals surface area contributed by atoms with Gasteiger partial charge >= 0.3 is 0 Å². The fourth-order valence-electron chi connectivity index (χ4n) is 3.96. The topological polar surface area (TPSA) is 78.9 Å². The largest absolute Gasteiger partial charge is 1.00 e. The number of benzene rings is 2. The summed E-state index contributed by atoms with van der Waals surface area (Å²) in [6.45, 7) is 0. The molecule has 2 N–H and O–H groups in total. The molecule has 5 rings (SSSR count). The number of carbonyl (C=O) groups excluding carboxylic acids is 2. The molecule has 36 heavy (non-hydrogen) atoms. The Hall–Kier alpha value is -3.19. The number of nitrogens with zero attached hydrogens (tertiary/aromatic N) is 3. The first-order valence-electron chi connectivity index (χ1n) is 10.8. The number of amides is 2. The summed E-state index contributed by atoms with van der Waals surface area (Å²) in [5.41, 5.74) is 3.75. The van der Waals surface area contributed by atoms with Gasteiger partial charge in [0.15, 0.2) is 12.4 Å². The molecule has 0 aliphatic heterocycles. The third-order valence-corrected chi connectivity index (χ3v) is 5.72. The van der Waals surface area contributed by atoms with E-state index in [-0.39, 0.29) is 71.2 Å². The fourth-order valence-corrected chi connectivity index (χ4v) is 3.96. The van der Waals surface area contributed by atoms with Gasteiger partial charge in [0.2, 0.25) is 11.0 Å². The molecule has 3 heterocycles. The fraction of sp³-hybridized carbons (Fsp3) is 0.0741. The molecule has 0 saturated carbocycles. The normalized spacial score (nSPS) is 10.3. The van der Waals surface area contributed by atoms with Crippen LogP contribution in [0, 0.1) is 0 Å². The lowest BCUT2D eigenvalue weighted by Gasteiger charge is -2.08. The Morgan fingerprint density at radius 2 is 1.08 bits per heavy atom. The number of aromatic nitrogens is 3. The minimum atomic E-state index is -0.382. The quantitative estimate of drug-likeness (QED) is 0.161. The molecule has 2 amide bonds. The van der Waals surface area contributed by atoms with Gasteiger partial charge in [-0.25, -0.2) is 14.1 Å². The summed E-state index contributed by atoms with van der Waals surface area (Å²) in [4.78, 5) is 29.9. The van der Waals surface area contributed by atoms with Crippen LogP contribution in [-0.4, -0.2) is 16.8 Å². The molecule has 0 spiro atoms. The lowest BCUT2D eigenvalue weighted by molar-refractivity contribution is -0.645. The average Bonchev–Trinajstić information content (AvgIpc) is 2.84. The zero-order valence-electron chi connectivity index (χ0n) is 19.6. The number of anilines is 2. The average molecular weight is 703 g/mol. The molecular weight excluding hydrogens is 680 g/mol. The second-order valence-corrected chi connectivity index (χ2v) is 8.10. The second kappa shape index (κ2) is 11.7. The number of hydrogen-bond acceptors (Lipinski definition) is 3. The van der Waals surface area contributed by atoms with Crippen molar-refractivity contribution in [3.8, 4) is 0 Å². The van der Waals surface area contributed by atoms with Crippen molar-refractivity contribution >= 4 is 45.0 Å². The Labute approximate surface area is 242 Å². The zero-order chi connectivity index (χ0) is 23.7. The van der Waals surface area contributed by atoms with Crippen LogP contribution in [0.2, 0.25) is 0 Å². The van der Waals surface area contributed by atoms with E-state index in [0.717, 1.165) is 21.8 Å². The number of halogens is 2. The van der Waals surface area contributed by atoms with Crippen molar-refractivity contribution in [3.63, 3.8) is 0 Å². The molecule has 0 bridgehead atoms. The second-order valence-electron chi connectivity index (χ2n) is 8.10. The number of aryl methyl sites for hydroxylation is 2. The Morgan fingerprint density at radius 3 is 1.53 bits per heavy atom. The summed E-state index contributed by atoms with van der Waals surface area (Å²) < 4.78 is 4.03. The van der Waals surface area contributed by atoms with Gasteiger partial charge in [-0.2, -0.15) is 0 Å². The SMILES string of the molecule is C[n+]1cccc2cc(NC(=O)c3cccc(C(=O)Nc4ccc5c(ccc[n+]5C)c4)n3)ccc21.[I-].[I-]. The third kappa shape index (κ3) is 5.78. The molecule has 0 radical (unpaired) electrons. The lowest BCUT2D eigenvalue weighted by Crippen LogP contribution is -3.00. The molecule has 0 unspecified atom stereocenters. The number of carbonyl (C=O) groups is 2. The first-order valence-corrected chi connectivity index (χ1v) is 10.8. The number of rotatable bonds is 4. The minimum absolute atomic E-state index is 0. The Kier molecular flexibility index (Phi) is 8.90. The molecule has 182 valence electrons. The van der Waals surface area contributed by atoms with E-state index in [4.69, 9.17) is 0 Å². The van der Waals surface area contributed by atoms with Crippen molar-refractivity contribution in [2.24, 2.45) is 14.1 Å². The highest BCUT2D eigenvalue weighted by atomic mass is 127. The summed E-state index contributed by atoms with van der Waals surface area (Å²) in [5.74, 6) is -0.764. The van der Waals surface area contributed by atoms with Crippen LogP contribution in [0.25, 0.3) is 21.8 Å². The van der Waals surface area contributed by atoms with Crippen LogP contribution < -0.4 is 67.7 Å². The van der Waals surface area contributed by atoms with Crippen molar-refractivity contribution in [2.45, 2.75) is 0 Å². The van der Waals surface area contributed by atoms with Crippen molar-refractivity contribution < 1.29 is 66.7 Å². The smallest absolute Gasteiger partial charge is 0.274 e. The summed E-state index contributed by atoms with van der Waals surface area (Å²) in [6.07, 6.45) is 3.94. The van der Waals surface area contributed by atoms with E-state index in [0.29, 0.717) is 11.4 Å². The molecule has 5 aromatic rings. The van der Waals surface area contributed by atoms with E-state index < -0.39 is 0 Å². The van der Waals surface area contributed by atoms with E-state index in [1.165, 1.54) is 0 Å². The van der Waals surface area contributed by atoms with Crippen LogP contribution in [0.3, 0.4) is 0 Å². The van der Waals surface area contributed by atoms with Crippen molar-refractivity contribution in [3.05, 3.63) is 103 Å². The standard InChI is InChI=1S/C27H21N5O2.2HI/c1-31-14-4-6-18-16-20(10-12-24(18)31)28-26(33)22-8-3-9-23(30-22)27(34)29-21-11-13-25-19(17-21)7-5-15-32(25)2;;/h3-17H,1-2H3;2*1H. The van der Waals surface area contributed by atoms with Crippen LogP contribution in [0.1, 0.15) is 21.0 Å². The van der Waals surface area contributed by atoms with E-state index in [1.807, 2.05) is 96.3 Å². The van der Waals surface area contributed by atoms with Crippen molar-refractivity contribution in [2.75, 3.05) is 10.6 Å². The number of hydrogen-bond donors (Lipinski definition) is 2. The highest BCUT2D eigenvalue weighted by Crippen LogP contribution is 2.18. The highest BCUT2D eigenvalue weighted by Gasteiger charge is 2.15. The van der Waals surface area contributed by atoms with Crippen molar-refractivity contribution in [1.29, 1.82) is 0 Å².